The van der Waals surface area contributed by atoms with Crippen molar-refractivity contribution in [1.82, 2.24) is 5.32 Å². The first-order valence-corrected chi connectivity index (χ1v) is 5.87. The van der Waals surface area contributed by atoms with Crippen LogP contribution in [0, 0.1) is 5.92 Å². The van der Waals surface area contributed by atoms with Gasteiger partial charge < -0.3 is 10.4 Å². The molecule has 0 spiro atoms. The summed E-state index contributed by atoms with van der Waals surface area (Å²) in [5.41, 5.74) is 0. The summed E-state index contributed by atoms with van der Waals surface area (Å²) in [4.78, 5) is 10.4. The highest BCUT2D eigenvalue weighted by molar-refractivity contribution is 7.99. The van der Waals surface area contributed by atoms with Gasteiger partial charge in [0.25, 0.3) is 0 Å². The average Bonchev–Trinajstić information content (AvgIpc) is 2.51. The standard InChI is InChI=1S/C9H17NO2S/c1-7(4-9(11)12)10-5-8-2-3-13-6-8/h7-8,10H,2-6H2,1H3,(H,11,12). The van der Waals surface area contributed by atoms with Gasteiger partial charge in [0, 0.05) is 6.04 Å². The van der Waals surface area contributed by atoms with Gasteiger partial charge in [0.1, 0.15) is 0 Å². The number of aliphatic carboxylic acids is 1. The monoisotopic (exact) mass is 203 g/mol. The molecule has 2 N–H and O–H groups in total. The Morgan fingerprint density at radius 2 is 2.54 bits per heavy atom. The molecule has 1 heterocycles. The lowest BCUT2D eigenvalue weighted by Gasteiger charge is -2.14. The van der Waals surface area contributed by atoms with Crippen molar-refractivity contribution >= 4 is 17.7 Å². The number of carboxylic acids is 1. The molecule has 0 aromatic heterocycles. The van der Waals surface area contributed by atoms with Gasteiger partial charge in [-0.25, -0.2) is 0 Å². The van der Waals surface area contributed by atoms with Crippen LogP contribution in [0.15, 0.2) is 0 Å². The SMILES string of the molecule is CC(CC(=O)O)NCC1CCSC1. The van der Waals surface area contributed by atoms with Crippen molar-refractivity contribution < 1.29 is 9.90 Å². The molecule has 2 atom stereocenters. The Morgan fingerprint density at radius 3 is 3.08 bits per heavy atom. The third-order valence-corrected chi connectivity index (χ3v) is 3.49. The maximum absolute atomic E-state index is 10.4. The lowest BCUT2D eigenvalue weighted by molar-refractivity contribution is -0.137. The molecule has 0 bridgehead atoms. The van der Waals surface area contributed by atoms with Gasteiger partial charge in [-0.3, -0.25) is 4.79 Å². The van der Waals surface area contributed by atoms with E-state index in [0.717, 1.165) is 12.5 Å². The van der Waals surface area contributed by atoms with Gasteiger partial charge in [0.15, 0.2) is 0 Å². The Hall–Kier alpha value is -0.220. The summed E-state index contributed by atoms with van der Waals surface area (Å²) in [5, 5.41) is 11.8. The molecule has 0 aromatic rings. The molecule has 0 radical (unpaired) electrons. The number of thioether (sulfide) groups is 1. The molecule has 1 rings (SSSR count). The van der Waals surface area contributed by atoms with Crippen molar-refractivity contribution in [1.29, 1.82) is 0 Å². The molecule has 3 nitrogen and oxygen atoms in total. The fourth-order valence-corrected chi connectivity index (χ4v) is 2.73. The number of carbonyl (C=O) groups is 1. The van der Waals surface area contributed by atoms with E-state index in [0.29, 0.717) is 0 Å². The van der Waals surface area contributed by atoms with E-state index < -0.39 is 5.97 Å². The van der Waals surface area contributed by atoms with Crippen LogP contribution >= 0.6 is 11.8 Å². The van der Waals surface area contributed by atoms with Crippen LogP contribution in [-0.4, -0.2) is 35.2 Å². The second-order valence-electron chi connectivity index (χ2n) is 3.64. The van der Waals surface area contributed by atoms with E-state index in [4.69, 9.17) is 5.11 Å². The summed E-state index contributed by atoms with van der Waals surface area (Å²) in [5.74, 6) is 2.52. The van der Waals surface area contributed by atoms with Crippen molar-refractivity contribution in [2.75, 3.05) is 18.1 Å². The van der Waals surface area contributed by atoms with Gasteiger partial charge >= 0.3 is 5.97 Å². The first-order valence-electron chi connectivity index (χ1n) is 4.71. The molecule has 0 saturated carbocycles. The van der Waals surface area contributed by atoms with Gasteiger partial charge in [-0.05, 0) is 37.3 Å². The fourth-order valence-electron chi connectivity index (χ4n) is 1.45. The number of nitrogens with one attached hydrogen (secondary N) is 1. The number of hydrogen-bond donors (Lipinski definition) is 2. The maximum atomic E-state index is 10.4. The van der Waals surface area contributed by atoms with E-state index in [1.807, 2.05) is 18.7 Å². The molecule has 0 aromatic carbocycles. The zero-order valence-corrected chi connectivity index (χ0v) is 8.77. The Balaban J connectivity index is 2.06. The highest BCUT2D eigenvalue weighted by Gasteiger charge is 2.16. The molecule has 1 fully saturated rings. The molecule has 2 unspecified atom stereocenters. The predicted octanol–water partition coefficient (Wildman–Crippen LogP) is 1.19. The van der Waals surface area contributed by atoms with Gasteiger partial charge in [-0.2, -0.15) is 11.8 Å². The van der Waals surface area contributed by atoms with Gasteiger partial charge in [0.2, 0.25) is 0 Å². The van der Waals surface area contributed by atoms with E-state index in [-0.39, 0.29) is 12.5 Å². The van der Waals surface area contributed by atoms with Crippen molar-refractivity contribution in [2.45, 2.75) is 25.8 Å². The molecular formula is C9H17NO2S. The number of rotatable bonds is 5. The lowest BCUT2D eigenvalue weighted by atomic mass is 10.1. The Morgan fingerprint density at radius 1 is 1.77 bits per heavy atom. The van der Waals surface area contributed by atoms with Crippen LogP contribution in [0.5, 0.6) is 0 Å². The van der Waals surface area contributed by atoms with E-state index in [1.165, 1.54) is 17.9 Å². The zero-order chi connectivity index (χ0) is 9.68. The first-order chi connectivity index (χ1) is 6.18. The minimum Gasteiger partial charge on any atom is -0.481 e. The summed E-state index contributed by atoms with van der Waals surface area (Å²) >= 11 is 1.99. The Labute approximate surface area is 83.3 Å². The molecule has 13 heavy (non-hydrogen) atoms. The largest absolute Gasteiger partial charge is 0.481 e. The summed E-state index contributed by atoms with van der Waals surface area (Å²) in [6.07, 6.45) is 1.50. The first kappa shape index (κ1) is 10.9. The third-order valence-electron chi connectivity index (χ3n) is 2.26. The average molecular weight is 203 g/mol. The zero-order valence-electron chi connectivity index (χ0n) is 7.95. The summed E-state index contributed by atoms with van der Waals surface area (Å²) < 4.78 is 0. The highest BCUT2D eigenvalue weighted by atomic mass is 32.2. The van der Waals surface area contributed by atoms with Crippen molar-refractivity contribution in [2.24, 2.45) is 5.92 Å². The summed E-state index contributed by atoms with van der Waals surface area (Å²) in [6, 6.07) is 0.100. The van der Waals surface area contributed by atoms with Gasteiger partial charge in [0.05, 0.1) is 6.42 Å². The smallest absolute Gasteiger partial charge is 0.304 e. The topological polar surface area (TPSA) is 49.3 Å². The lowest BCUT2D eigenvalue weighted by Crippen LogP contribution is -2.32. The Bertz CT molecular complexity index is 169. The fraction of sp³-hybridized carbons (Fsp3) is 0.889. The molecule has 0 aliphatic carbocycles. The van der Waals surface area contributed by atoms with Crippen LogP contribution < -0.4 is 5.32 Å². The van der Waals surface area contributed by atoms with Crippen LogP contribution in [0.1, 0.15) is 19.8 Å². The minimum atomic E-state index is -0.721. The van der Waals surface area contributed by atoms with Crippen LogP contribution in [0.4, 0.5) is 0 Å². The molecular weight excluding hydrogens is 186 g/mol. The number of carboxylic acid groups (broad SMARTS) is 1. The second-order valence-corrected chi connectivity index (χ2v) is 4.79. The molecule has 4 heteroatoms. The van der Waals surface area contributed by atoms with Crippen LogP contribution in [0.25, 0.3) is 0 Å². The van der Waals surface area contributed by atoms with Crippen LogP contribution in [0.3, 0.4) is 0 Å². The molecule has 0 amide bonds. The molecule has 1 saturated heterocycles. The third kappa shape index (κ3) is 4.52. The molecule has 76 valence electrons. The van der Waals surface area contributed by atoms with Crippen LogP contribution in [0.2, 0.25) is 0 Å². The highest BCUT2D eigenvalue weighted by Crippen LogP contribution is 2.22. The van der Waals surface area contributed by atoms with Crippen molar-refractivity contribution in [3.63, 3.8) is 0 Å². The van der Waals surface area contributed by atoms with E-state index in [9.17, 15) is 4.79 Å². The Kier molecular flexibility index (Phi) is 4.59. The number of hydrogen-bond acceptors (Lipinski definition) is 3. The van der Waals surface area contributed by atoms with Gasteiger partial charge in [-0.1, -0.05) is 0 Å². The van der Waals surface area contributed by atoms with Crippen molar-refractivity contribution in [3.05, 3.63) is 0 Å². The summed E-state index contributed by atoms with van der Waals surface area (Å²) in [7, 11) is 0. The summed E-state index contributed by atoms with van der Waals surface area (Å²) in [6.45, 7) is 2.90. The van der Waals surface area contributed by atoms with E-state index >= 15 is 0 Å². The van der Waals surface area contributed by atoms with Gasteiger partial charge in [-0.15, -0.1) is 0 Å². The normalized spacial score (nSPS) is 24.5. The predicted molar refractivity (Wildman–Crippen MR) is 55.1 cm³/mol. The maximum Gasteiger partial charge on any atom is 0.304 e. The molecule has 1 aliphatic heterocycles. The van der Waals surface area contributed by atoms with E-state index in [2.05, 4.69) is 5.32 Å². The van der Waals surface area contributed by atoms with E-state index in [1.54, 1.807) is 0 Å². The second kappa shape index (κ2) is 5.50. The quantitative estimate of drug-likeness (QED) is 0.705. The van der Waals surface area contributed by atoms with Crippen LogP contribution in [-0.2, 0) is 4.79 Å². The minimum absolute atomic E-state index is 0.100. The molecule has 1 aliphatic rings. The van der Waals surface area contributed by atoms with Crippen molar-refractivity contribution in [3.8, 4) is 0 Å².